The molecule has 0 saturated heterocycles. The third-order valence-electron chi connectivity index (χ3n) is 2.06. The molecule has 0 saturated carbocycles. The fourth-order valence-corrected chi connectivity index (χ4v) is 1.12. The number of halogens is 1. The van der Waals surface area contributed by atoms with Gasteiger partial charge < -0.3 is 15.7 Å². The monoisotopic (exact) mass is 252 g/mol. The number of aliphatic carboxylic acids is 1. The van der Waals surface area contributed by atoms with E-state index in [1.165, 1.54) is 31.3 Å². The molecule has 0 aliphatic rings. The first-order valence-corrected chi connectivity index (χ1v) is 5.21. The minimum Gasteiger partial charge on any atom is -0.480 e. The van der Waals surface area contributed by atoms with Crippen LogP contribution in [0.5, 0.6) is 0 Å². The third kappa shape index (κ3) is 4.65. The van der Waals surface area contributed by atoms with E-state index in [4.69, 9.17) is 5.11 Å². The Morgan fingerprint density at radius 3 is 2.78 bits per heavy atom. The van der Waals surface area contributed by atoms with Crippen LogP contribution in [0.2, 0.25) is 0 Å². The molecule has 0 heterocycles. The van der Waals surface area contributed by atoms with Crippen LogP contribution in [0.1, 0.15) is 12.5 Å². The normalized spacial score (nSPS) is 12.1. The highest BCUT2D eigenvalue weighted by molar-refractivity contribution is 5.82. The molecule has 0 spiro atoms. The lowest BCUT2D eigenvalue weighted by Crippen LogP contribution is -2.42. The van der Waals surface area contributed by atoms with Gasteiger partial charge in [0.25, 0.3) is 0 Å². The summed E-state index contributed by atoms with van der Waals surface area (Å²) in [6.45, 7) is 1.35. The third-order valence-corrected chi connectivity index (χ3v) is 2.06. The Morgan fingerprint density at radius 1 is 1.44 bits per heavy atom. The number of carbonyl (C=O) groups excluding carboxylic acids is 1. The number of benzene rings is 1. The Balaban J connectivity index is 2.45. The molecule has 6 heteroatoms. The smallest absolute Gasteiger partial charge is 0.325 e. The molecule has 18 heavy (non-hydrogen) atoms. The molecule has 1 atom stereocenters. The highest BCUT2D eigenvalue weighted by atomic mass is 19.1. The van der Waals surface area contributed by atoms with Gasteiger partial charge in [0, 0.05) is 6.20 Å². The first-order valence-electron chi connectivity index (χ1n) is 5.21. The van der Waals surface area contributed by atoms with Crippen molar-refractivity contribution >= 4 is 18.1 Å². The van der Waals surface area contributed by atoms with Crippen molar-refractivity contribution in [2.24, 2.45) is 0 Å². The molecular weight excluding hydrogens is 239 g/mol. The SMILES string of the molecule is CC(NC(=O)N/C=C/c1cccc(F)c1)C(=O)O. The van der Waals surface area contributed by atoms with Gasteiger partial charge in [0.15, 0.2) is 0 Å². The van der Waals surface area contributed by atoms with E-state index in [1.54, 1.807) is 12.1 Å². The summed E-state index contributed by atoms with van der Waals surface area (Å²) in [5.41, 5.74) is 0.585. The van der Waals surface area contributed by atoms with Gasteiger partial charge in [-0.2, -0.15) is 0 Å². The highest BCUT2D eigenvalue weighted by Crippen LogP contribution is 2.04. The number of hydrogen-bond acceptors (Lipinski definition) is 2. The van der Waals surface area contributed by atoms with Crippen molar-refractivity contribution in [3.63, 3.8) is 0 Å². The summed E-state index contributed by atoms with van der Waals surface area (Å²) in [6.07, 6.45) is 2.80. The van der Waals surface area contributed by atoms with Crippen molar-refractivity contribution in [3.8, 4) is 0 Å². The molecule has 1 aromatic carbocycles. The number of urea groups is 1. The lowest BCUT2D eigenvalue weighted by atomic mass is 10.2. The standard InChI is InChI=1S/C12H13FN2O3/c1-8(11(16)17)15-12(18)14-6-5-9-3-2-4-10(13)7-9/h2-8H,1H3,(H,16,17)(H2,14,15,18)/b6-5+. The van der Waals surface area contributed by atoms with Gasteiger partial charge in [0.2, 0.25) is 0 Å². The van der Waals surface area contributed by atoms with Gasteiger partial charge in [-0.15, -0.1) is 0 Å². The minimum atomic E-state index is -1.13. The van der Waals surface area contributed by atoms with Crippen molar-refractivity contribution in [3.05, 3.63) is 41.8 Å². The first-order chi connectivity index (χ1) is 8.49. The van der Waals surface area contributed by atoms with E-state index >= 15 is 0 Å². The van der Waals surface area contributed by atoms with Gasteiger partial charge in [0.05, 0.1) is 0 Å². The summed E-state index contributed by atoms with van der Waals surface area (Å²) in [7, 11) is 0. The second-order valence-electron chi connectivity index (χ2n) is 3.57. The molecule has 1 unspecified atom stereocenters. The van der Waals surface area contributed by atoms with Gasteiger partial charge in [-0.25, -0.2) is 9.18 Å². The zero-order chi connectivity index (χ0) is 13.5. The van der Waals surface area contributed by atoms with Crippen LogP contribution < -0.4 is 10.6 Å². The number of carboxylic acids is 1. The molecular formula is C12H13FN2O3. The molecule has 1 rings (SSSR count). The summed E-state index contributed by atoms with van der Waals surface area (Å²) in [5.74, 6) is -1.50. The Morgan fingerprint density at radius 2 is 2.17 bits per heavy atom. The van der Waals surface area contributed by atoms with Crippen LogP contribution in [0, 0.1) is 5.82 Å². The van der Waals surface area contributed by atoms with E-state index in [1.807, 2.05) is 0 Å². The number of rotatable bonds is 4. The molecule has 0 aromatic heterocycles. The maximum absolute atomic E-state index is 12.8. The van der Waals surface area contributed by atoms with Gasteiger partial charge in [-0.1, -0.05) is 12.1 Å². The van der Waals surface area contributed by atoms with Crippen LogP contribution in [0.3, 0.4) is 0 Å². The lowest BCUT2D eigenvalue weighted by Gasteiger charge is -2.08. The average Bonchev–Trinajstić information content (AvgIpc) is 2.28. The summed E-state index contributed by atoms with van der Waals surface area (Å²) in [6, 6.07) is 4.20. The second kappa shape index (κ2) is 6.39. The molecule has 2 amide bonds. The zero-order valence-corrected chi connectivity index (χ0v) is 9.68. The Hall–Kier alpha value is -2.37. The van der Waals surface area contributed by atoms with Crippen LogP contribution >= 0.6 is 0 Å². The second-order valence-corrected chi connectivity index (χ2v) is 3.57. The number of hydrogen-bond donors (Lipinski definition) is 3. The molecule has 0 bridgehead atoms. The van der Waals surface area contributed by atoms with Gasteiger partial charge in [0.1, 0.15) is 11.9 Å². The Labute approximate surface area is 103 Å². The molecule has 0 aliphatic heterocycles. The van der Waals surface area contributed by atoms with E-state index in [0.29, 0.717) is 5.56 Å². The molecule has 3 N–H and O–H groups in total. The van der Waals surface area contributed by atoms with Gasteiger partial charge in [-0.05, 0) is 30.7 Å². The van der Waals surface area contributed by atoms with Crippen molar-refractivity contribution < 1.29 is 19.1 Å². The number of amides is 2. The number of carbonyl (C=O) groups is 2. The van der Waals surface area contributed by atoms with Gasteiger partial charge in [-0.3, -0.25) is 4.79 Å². The van der Waals surface area contributed by atoms with Crippen molar-refractivity contribution in [1.82, 2.24) is 10.6 Å². The topological polar surface area (TPSA) is 78.4 Å². The molecule has 1 aromatic rings. The molecule has 96 valence electrons. The largest absolute Gasteiger partial charge is 0.480 e. The van der Waals surface area contributed by atoms with Gasteiger partial charge >= 0.3 is 12.0 Å². The summed E-state index contributed by atoms with van der Waals surface area (Å²) in [5, 5.41) is 13.1. The number of nitrogens with one attached hydrogen (secondary N) is 2. The van der Waals surface area contributed by atoms with E-state index in [2.05, 4.69) is 10.6 Å². The van der Waals surface area contributed by atoms with E-state index in [9.17, 15) is 14.0 Å². The highest BCUT2D eigenvalue weighted by Gasteiger charge is 2.12. The maximum atomic E-state index is 12.8. The molecule has 0 aliphatic carbocycles. The predicted octanol–water partition coefficient (Wildman–Crippen LogP) is 1.57. The average molecular weight is 252 g/mol. The van der Waals surface area contributed by atoms with Crippen molar-refractivity contribution in [1.29, 1.82) is 0 Å². The fraction of sp³-hybridized carbons (Fsp3) is 0.167. The van der Waals surface area contributed by atoms with E-state index < -0.39 is 18.0 Å². The van der Waals surface area contributed by atoms with Crippen LogP contribution in [-0.2, 0) is 4.79 Å². The molecule has 0 radical (unpaired) electrons. The van der Waals surface area contributed by atoms with E-state index in [-0.39, 0.29) is 5.82 Å². The summed E-state index contributed by atoms with van der Waals surface area (Å²) in [4.78, 5) is 21.7. The van der Waals surface area contributed by atoms with Crippen molar-refractivity contribution in [2.45, 2.75) is 13.0 Å². The molecule has 0 fully saturated rings. The summed E-state index contributed by atoms with van der Waals surface area (Å²) < 4.78 is 12.8. The van der Waals surface area contributed by atoms with Crippen LogP contribution in [0.15, 0.2) is 30.5 Å². The quantitative estimate of drug-likeness (QED) is 0.761. The van der Waals surface area contributed by atoms with Crippen LogP contribution in [0.4, 0.5) is 9.18 Å². The van der Waals surface area contributed by atoms with Crippen LogP contribution in [-0.4, -0.2) is 23.1 Å². The summed E-state index contributed by atoms with van der Waals surface area (Å²) >= 11 is 0. The predicted molar refractivity (Wildman–Crippen MR) is 64.2 cm³/mol. The lowest BCUT2D eigenvalue weighted by molar-refractivity contribution is -0.138. The fourth-order valence-electron chi connectivity index (χ4n) is 1.12. The Bertz CT molecular complexity index is 474. The zero-order valence-electron chi connectivity index (χ0n) is 9.68. The Kier molecular flexibility index (Phi) is 4.86. The van der Waals surface area contributed by atoms with Crippen LogP contribution in [0.25, 0.3) is 6.08 Å². The molecule has 5 nitrogen and oxygen atoms in total. The minimum absolute atomic E-state index is 0.374. The van der Waals surface area contributed by atoms with Crippen molar-refractivity contribution in [2.75, 3.05) is 0 Å². The first kappa shape index (κ1) is 13.7. The van der Waals surface area contributed by atoms with E-state index in [0.717, 1.165) is 0 Å². The number of carboxylic acid groups (broad SMARTS) is 1. The maximum Gasteiger partial charge on any atom is 0.325 e.